The van der Waals surface area contributed by atoms with E-state index in [1.165, 1.54) is 0 Å². The molecular weight excluding hydrogens is 330 g/mol. The fourth-order valence-corrected chi connectivity index (χ4v) is 2.99. The number of piperidine rings is 1. The van der Waals surface area contributed by atoms with E-state index in [1.54, 1.807) is 24.3 Å². The van der Waals surface area contributed by atoms with Crippen LogP contribution in [0.25, 0.3) is 0 Å². The first-order valence-electron chi connectivity index (χ1n) is 9.26. The number of likely N-dealkylation sites (tertiary alicyclic amines) is 1. The fraction of sp³-hybridized carbons (Fsp3) is 0.579. The third-order valence-corrected chi connectivity index (χ3v) is 4.53. The van der Waals surface area contributed by atoms with Gasteiger partial charge in [0, 0.05) is 17.4 Å². The van der Waals surface area contributed by atoms with Crippen molar-refractivity contribution < 1.29 is 9.59 Å². The van der Waals surface area contributed by atoms with Crippen LogP contribution in [0.15, 0.2) is 24.3 Å². The van der Waals surface area contributed by atoms with Crippen LogP contribution in [0.4, 0.5) is 16.2 Å². The summed E-state index contributed by atoms with van der Waals surface area (Å²) in [6, 6.07) is 6.53. The molecular formula is C19H31N5O2. The number of rotatable bonds is 6. The molecule has 144 valence electrons. The monoisotopic (exact) mass is 361 g/mol. The van der Waals surface area contributed by atoms with Crippen molar-refractivity contribution in [2.75, 3.05) is 30.8 Å². The largest absolute Gasteiger partial charge is 0.335 e. The molecule has 0 spiro atoms. The summed E-state index contributed by atoms with van der Waals surface area (Å²) in [6.07, 6.45) is 2.57. The number of hydrogen-bond acceptors (Lipinski definition) is 4. The molecule has 1 heterocycles. The van der Waals surface area contributed by atoms with E-state index in [9.17, 15) is 9.59 Å². The maximum absolute atomic E-state index is 12.1. The Morgan fingerprint density at radius 1 is 1.12 bits per heavy atom. The normalized spacial score (nSPS) is 17.0. The first-order chi connectivity index (χ1) is 12.3. The van der Waals surface area contributed by atoms with Crippen LogP contribution in [0.2, 0.25) is 0 Å². The van der Waals surface area contributed by atoms with Crippen LogP contribution >= 0.6 is 0 Å². The Bertz CT molecular complexity index is 594. The van der Waals surface area contributed by atoms with Gasteiger partial charge in [0.05, 0.1) is 6.04 Å². The van der Waals surface area contributed by atoms with Crippen molar-refractivity contribution in [3.8, 4) is 0 Å². The average molecular weight is 361 g/mol. The van der Waals surface area contributed by atoms with Gasteiger partial charge in [-0.25, -0.2) is 4.79 Å². The molecule has 1 aliphatic heterocycles. The number of amides is 3. The van der Waals surface area contributed by atoms with Crippen molar-refractivity contribution >= 4 is 23.3 Å². The predicted molar refractivity (Wildman–Crippen MR) is 105 cm³/mol. The lowest BCUT2D eigenvalue weighted by Gasteiger charge is -2.29. The van der Waals surface area contributed by atoms with Crippen LogP contribution in [0.5, 0.6) is 0 Å². The third-order valence-electron chi connectivity index (χ3n) is 4.53. The molecule has 1 fully saturated rings. The molecule has 5 N–H and O–H groups in total. The van der Waals surface area contributed by atoms with Crippen LogP contribution in [-0.4, -0.2) is 49.1 Å². The maximum atomic E-state index is 12.1. The number of nitrogens with zero attached hydrogens (tertiary/aromatic N) is 1. The summed E-state index contributed by atoms with van der Waals surface area (Å²) in [5.41, 5.74) is 7.22. The number of anilines is 2. The molecule has 1 aromatic carbocycles. The van der Waals surface area contributed by atoms with Crippen LogP contribution in [0.3, 0.4) is 0 Å². The molecule has 7 heteroatoms. The Kier molecular flexibility index (Phi) is 7.41. The summed E-state index contributed by atoms with van der Waals surface area (Å²) in [4.78, 5) is 26.4. The van der Waals surface area contributed by atoms with Gasteiger partial charge < -0.3 is 26.6 Å². The number of nitrogens with two attached hydrogens (primary N) is 1. The van der Waals surface area contributed by atoms with E-state index in [2.05, 4.69) is 27.9 Å². The molecule has 3 amide bonds. The summed E-state index contributed by atoms with van der Waals surface area (Å²) in [6.45, 7) is 6.06. The highest BCUT2D eigenvalue weighted by molar-refractivity contribution is 5.95. The quantitative estimate of drug-likeness (QED) is 0.624. The molecule has 0 aliphatic carbocycles. The molecule has 0 aromatic heterocycles. The predicted octanol–water partition coefficient (Wildman–Crippen LogP) is 2.21. The van der Waals surface area contributed by atoms with Crippen LogP contribution < -0.4 is 21.7 Å². The summed E-state index contributed by atoms with van der Waals surface area (Å²) in [5.74, 6) is 0.171. The Morgan fingerprint density at radius 2 is 1.65 bits per heavy atom. The molecule has 0 saturated carbocycles. The Hall–Kier alpha value is -2.12. The summed E-state index contributed by atoms with van der Waals surface area (Å²) in [7, 11) is 2.09. The number of hydrogen-bond donors (Lipinski definition) is 4. The minimum Gasteiger partial charge on any atom is -0.335 e. The standard InChI is InChI=1S/C19H31N5O2/c1-13(2)12-17(20)18(25)21-14-4-6-15(7-5-14)22-19(26)23-16-8-10-24(3)11-9-16/h4-7,13,16-17H,8-12,20H2,1-3H3,(H,21,25)(H2,22,23,26)/t17-/m0/s1. The molecule has 1 atom stereocenters. The number of carbonyl (C=O) groups is 2. The van der Waals surface area contributed by atoms with Crippen molar-refractivity contribution in [1.82, 2.24) is 10.2 Å². The summed E-state index contributed by atoms with van der Waals surface area (Å²) >= 11 is 0. The zero-order chi connectivity index (χ0) is 19.1. The highest BCUT2D eigenvalue weighted by atomic mass is 16.2. The van der Waals surface area contributed by atoms with Gasteiger partial charge in [-0.15, -0.1) is 0 Å². The van der Waals surface area contributed by atoms with Gasteiger partial charge in [-0.2, -0.15) is 0 Å². The van der Waals surface area contributed by atoms with Crippen LogP contribution in [0.1, 0.15) is 33.1 Å². The Morgan fingerprint density at radius 3 is 2.19 bits per heavy atom. The van der Waals surface area contributed by atoms with Gasteiger partial charge >= 0.3 is 6.03 Å². The molecule has 0 unspecified atom stereocenters. The lowest BCUT2D eigenvalue weighted by molar-refractivity contribution is -0.117. The van der Waals surface area contributed by atoms with Gasteiger partial charge in [-0.3, -0.25) is 4.79 Å². The van der Waals surface area contributed by atoms with E-state index in [1.807, 2.05) is 13.8 Å². The second-order valence-electron chi connectivity index (χ2n) is 7.48. The second kappa shape index (κ2) is 9.54. The Balaban J connectivity index is 1.79. The van der Waals surface area contributed by atoms with Gasteiger partial charge in [0.1, 0.15) is 0 Å². The summed E-state index contributed by atoms with van der Waals surface area (Å²) < 4.78 is 0. The number of benzene rings is 1. The lowest BCUT2D eigenvalue weighted by atomic mass is 10.0. The molecule has 7 nitrogen and oxygen atoms in total. The van der Waals surface area contributed by atoms with E-state index < -0.39 is 6.04 Å². The zero-order valence-corrected chi connectivity index (χ0v) is 15.9. The third kappa shape index (κ3) is 6.65. The number of carbonyl (C=O) groups excluding carboxylic acids is 2. The van der Waals surface area contributed by atoms with Gasteiger partial charge in [-0.05, 0) is 69.6 Å². The molecule has 1 aliphatic rings. The first-order valence-corrected chi connectivity index (χ1v) is 9.26. The van der Waals surface area contributed by atoms with Gasteiger partial charge in [0.2, 0.25) is 5.91 Å². The van der Waals surface area contributed by atoms with Gasteiger partial charge in [0.15, 0.2) is 0 Å². The number of nitrogens with one attached hydrogen (secondary N) is 3. The highest BCUT2D eigenvalue weighted by Crippen LogP contribution is 2.15. The number of urea groups is 1. The zero-order valence-electron chi connectivity index (χ0n) is 15.9. The summed E-state index contributed by atoms with van der Waals surface area (Å²) in [5, 5.41) is 8.63. The van der Waals surface area contributed by atoms with Crippen LogP contribution in [0, 0.1) is 5.92 Å². The fourth-order valence-electron chi connectivity index (χ4n) is 2.99. The van der Waals surface area contributed by atoms with E-state index in [0.29, 0.717) is 23.7 Å². The van der Waals surface area contributed by atoms with Gasteiger partial charge in [0.25, 0.3) is 0 Å². The van der Waals surface area contributed by atoms with Gasteiger partial charge in [-0.1, -0.05) is 13.8 Å². The second-order valence-corrected chi connectivity index (χ2v) is 7.48. The molecule has 0 radical (unpaired) electrons. The van der Waals surface area contributed by atoms with Crippen LogP contribution in [-0.2, 0) is 4.79 Å². The maximum Gasteiger partial charge on any atom is 0.319 e. The van der Waals surface area contributed by atoms with Crippen molar-refractivity contribution in [2.45, 2.75) is 45.2 Å². The molecule has 1 aromatic rings. The molecule has 26 heavy (non-hydrogen) atoms. The van der Waals surface area contributed by atoms with E-state index in [0.717, 1.165) is 25.9 Å². The Labute approximate surface area is 155 Å². The van der Waals surface area contributed by atoms with Crippen molar-refractivity contribution in [3.05, 3.63) is 24.3 Å². The van der Waals surface area contributed by atoms with Crippen molar-refractivity contribution in [2.24, 2.45) is 11.7 Å². The lowest BCUT2D eigenvalue weighted by Crippen LogP contribution is -2.44. The molecule has 1 saturated heterocycles. The van der Waals surface area contributed by atoms with E-state index in [-0.39, 0.29) is 18.0 Å². The van der Waals surface area contributed by atoms with E-state index in [4.69, 9.17) is 5.73 Å². The van der Waals surface area contributed by atoms with Crippen molar-refractivity contribution in [1.29, 1.82) is 0 Å². The highest BCUT2D eigenvalue weighted by Gasteiger charge is 2.18. The SMILES string of the molecule is CC(C)C[C@H](N)C(=O)Nc1ccc(NC(=O)NC2CCN(C)CC2)cc1. The minimum atomic E-state index is -0.520. The minimum absolute atomic E-state index is 0.195. The van der Waals surface area contributed by atoms with E-state index >= 15 is 0 Å². The molecule has 0 bridgehead atoms. The molecule has 2 rings (SSSR count). The smallest absolute Gasteiger partial charge is 0.319 e. The average Bonchev–Trinajstić information content (AvgIpc) is 2.58. The van der Waals surface area contributed by atoms with Crippen molar-refractivity contribution in [3.63, 3.8) is 0 Å². The first kappa shape index (κ1) is 20.2. The topological polar surface area (TPSA) is 99.5 Å².